The van der Waals surface area contributed by atoms with Crippen LogP contribution in [0, 0.1) is 0 Å². The third-order valence-electron chi connectivity index (χ3n) is 9.27. The summed E-state index contributed by atoms with van der Waals surface area (Å²) >= 11 is 0. The zero-order valence-electron chi connectivity index (χ0n) is 25.2. The molecule has 0 radical (unpaired) electrons. The Kier molecular flexibility index (Phi) is 5.54. The van der Waals surface area contributed by atoms with Crippen LogP contribution in [0.25, 0.3) is 99.2 Å². The van der Waals surface area contributed by atoms with Crippen LogP contribution in [0.5, 0.6) is 0 Å². The number of nitrogens with zero attached hydrogens (tertiary/aromatic N) is 3. The van der Waals surface area contributed by atoms with E-state index in [1.165, 1.54) is 37.7 Å². The summed E-state index contributed by atoms with van der Waals surface area (Å²) in [4.78, 5) is 15.5. The lowest BCUT2D eigenvalue weighted by Crippen LogP contribution is -2.00. The SMILES string of the molecule is c1ccc2cc(-c3nc(-c4ccc5ccc6ccc7ccccc7c6c5c4)nc(-c4cccc5oc6ccccc6c45)n3)ccc2c1. The minimum atomic E-state index is 0.610. The van der Waals surface area contributed by atoms with Crippen LogP contribution in [0.2, 0.25) is 0 Å². The van der Waals surface area contributed by atoms with E-state index in [-0.39, 0.29) is 0 Å². The lowest BCUT2D eigenvalue weighted by Gasteiger charge is -2.12. The number of hydrogen-bond acceptors (Lipinski definition) is 4. The summed E-state index contributed by atoms with van der Waals surface area (Å²) < 4.78 is 6.25. The summed E-state index contributed by atoms with van der Waals surface area (Å²) in [5, 5.41) is 11.6. The molecule has 0 amide bonds. The molecule has 2 aromatic heterocycles. The third kappa shape index (κ3) is 4.12. The maximum atomic E-state index is 6.25. The van der Waals surface area contributed by atoms with Crippen molar-refractivity contribution in [3.05, 3.63) is 152 Å². The van der Waals surface area contributed by atoms with Crippen molar-refractivity contribution >= 4 is 65.0 Å². The normalized spacial score (nSPS) is 11.8. The first-order valence-corrected chi connectivity index (χ1v) is 15.8. The Morgan fingerprint density at radius 2 is 0.915 bits per heavy atom. The fourth-order valence-corrected chi connectivity index (χ4v) is 7.01. The van der Waals surface area contributed by atoms with Crippen molar-refractivity contribution in [2.45, 2.75) is 0 Å². The Morgan fingerprint density at radius 1 is 0.340 bits per heavy atom. The summed E-state index contributed by atoms with van der Waals surface area (Å²) in [5.41, 5.74) is 4.44. The van der Waals surface area contributed by atoms with Gasteiger partial charge in [-0.3, -0.25) is 0 Å². The van der Waals surface area contributed by atoms with E-state index in [1.807, 2.05) is 30.3 Å². The molecule has 0 N–H and O–H groups in total. The lowest BCUT2D eigenvalue weighted by molar-refractivity contribution is 0.669. The highest BCUT2D eigenvalue weighted by molar-refractivity contribution is 6.20. The highest BCUT2D eigenvalue weighted by Crippen LogP contribution is 2.38. The summed E-state index contributed by atoms with van der Waals surface area (Å²) in [5.74, 6) is 1.87. The first kappa shape index (κ1) is 25.9. The Bertz CT molecular complexity index is 2860. The molecule has 0 saturated carbocycles. The molecule has 4 nitrogen and oxygen atoms in total. The molecule has 0 atom stereocenters. The topological polar surface area (TPSA) is 51.8 Å². The van der Waals surface area contributed by atoms with Crippen molar-refractivity contribution < 1.29 is 4.42 Å². The van der Waals surface area contributed by atoms with Gasteiger partial charge in [0, 0.05) is 27.5 Å². The molecule has 8 aromatic carbocycles. The zero-order valence-corrected chi connectivity index (χ0v) is 25.2. The maximum absolute atomic E-state index is 6.25. The van der Waals surface area contributed by atoms with Crippen molar-refractivity contribution in [3.8, 4) is 34.2 Å². The second kappa shape index (κ2) is 10.1. The number of para-hydroxylation sites is 1. The third-order valence-corrected chi connectivity index (χ3v) is 9.27. The number of fused-ring (bicyclic) bond motifs is 9. The van der Waals surface area contributed by atoms with Crippen LogP contribution in [0.15, 0.2) is 156 Å². The molecular formula is C43H25N3O. The Hall–Kier alpha value is -6.39. The van der Waals surface area contributed by atoms with E-state index in [4.69, 9.17) is 19.4 Å². The van der Waals surface area contributed by atoms with E-state index in [2.05, 4.69) is 121 Å². The fourth-order valence-electron chi connectivity index (χ4n) is 7.01. The van der Waals surface area contributed by atoms with E-state index in [1.54, 1.807) is 0 Å². The maximum Gasteiger partial charge on any atom is 0.164 e. The summed E-state index contributed by atoms with van der Waals surface area (Å²) in [6.07, 6.45) is 0. The van der Waals surface area contributed by atoms with Crippen molar-refractivity contribution in [1.29, 1.82) is 0 Å². The molecule has 10 rings (SSSR count). The minimum absolute atomic E-state index is 0.610. The summed E-state index contributed by atoms with van der Waals surface area (Å²) in [6.45, 7) is 0. The predicted octanol–water partition coefficient (Wildman–Crippen LogP) is 11.4. The largest absolute Gasteiger partial charge is 0.456 e. The number of benzene rings is 8. The van der Waals surface area contributed by atoms with Crippen LogP contribution >= 0.6 is 0 Å². The zero-order chi connectivity index (χ0) is 30.9. The molecule has 0 unspecified atom stereocenters. The Labute approximate surface area is 269 Å². The molecule has 0 bridgehead atoms. The monoisotopic (exact) mass is 599 g/mol. The first-order valence-electron chi connectivity index (χ1n) is 15.8. The lowest BCUT2D eigenvalue weighted by atomic mass is 9.95. The smallest absolute Gasteiger partial charge is 0.164 e. The van der Waals surface area contributed by atoms with Gasteiger partial charge >= 0.3 is 0 Å². The summed E-state index contributed by atoms with van der Waals surface area (Å²) in [7, 11) is 0. The van der Waals surface area contributed by atoms with Gasteiger partial charge in [0.05, 0.1) is 0 Å². The predicted molar refractivity (Wildman–Crippen MR) is 193 cm³/mol. The highest BCUT2D eigenvalue weighted by Gasteiger charge is 2.18. The quantitative estimate of drug-likeness (QED) is 0.190. The van der Waals surface area contributed by atoms with Gasteiger partial charge in [0.2, 0.25) is 0 Å². The molecule has 0 aliphatic rings. The summed E-state index contributed by atoms with van der Waals surface area (Å²) in [6, 6.07) is 52.9. The van der Waals surface area contributed by atoms with E-state index in [9.17, 15) is 0 Å². The molecule has 47 heavy (non-hydrogen) atoms. The number of rotatable bonds is 3. The van der Waals surface area contributed by atoms with Crippen molar-refractivity contribution in [2.24, 2.45) is 0 Å². The number of hydrogen-bond donors (Lipinski definition) is 0. The second-order valence-electron chi connectivity index (χ2n) is 12.0. The van der Waals surface area contributed by atoms with E-state index < -0.39 is 0 Å². The van der Waals surface area contributed by atoms with Crippen molar-refractivity contribution in [1.82, 2.24) is 15.0 Å². The second-order valence-corrected chi connectivity index (χ2v) is 12.0. The molecule has 4 heteroatoms. The molecule has 10 aromatic rings. The van der Waals surface area contributed by atoms with Crippen LogP contribution in [0.4, 0.5) is 0 Å². The minimum Gasteiger partial charge on any atom is -0.456 e. The molecule has 0 fully saturated rings. The molecule has 0 aliphatic carbocycles. The van der Waals surface area contributed by atoms with Crippen LogP contribution in [-0.4, -0.2) is 15.0 Å². The average Bonchev–Trinajstić information content (AvgIpc) is 3.53. The number of furan rings is 1. The molecule has 218 valence electrons. The van der Waals surface area contributed by atoms with Crippen LogP contribution in [0.3, 0.4) is 0 Å². The van der Waals surface area contributed by atoms with Gasteiger partial charge in [0.1, 0.15) is 11.2 Å². The molecule has 0 aliphatic heterocycles. The van der Waals surface area contributed by atoms with Crippen LogP contribution in [0.1, 0.15) is 0 Å². The molecule has 0 spiro atoms. The van der Waals surface area contributed by atoms with Gasteiger partial charge in [-0.1, -0.05) is 127 Å². The molecule has 2 heterocycles. The molecule has 0 saturated heterocycles. The van der Waals surface area contributed by atoms with Gasteiger partial charge in [-0.25, -0.2) is 15.0 Å². The highest BCUT2D eigenvalue weighted by atomic mass is 16.3. The van der Waals surface area contributed by atoms with Crippen molar-refractivity contribution in [3.63, 3.8) is 0 Å². The van der Waals surface area contributed by atoms with Gasteiger partial charge in [-0.05, 0) is 67.4 Å². The number of aromatic nitrogens is 3. The molecular weight excluding hydrogens is 574 g/mol. The average molecular weight is 600 g/mol. The van der Waals surface area contributed by atoms with E-state index >= 15 is 0 Å². The standard InChI is InChI=1S/C43H25N3O/c1-2-10-30-24-31(22-16-26(30)8-1)41-44-42(46-43(45-41)35-13-7-15-38-40(35)34-12-5-6-14-37(34)47-38)32-23-19-28-18-21-29-20-17-27-9-3-4-11-33(27)39(29)36(28)25-32/h1-25H. The van der Waals surface area contributed by atoms with Gasteiger partial charge in [-0.2, -0.15) is 0 Å². The van der Waals surface area contributed by atoms with Gasteiger partial charge in [0.25, 0.3) is 0 Å². The van der Waals surface area contributed by atoms with E-state index in [0.717, 1.165) is 44.0 Å². The van der Waals surface area contributed by atoms with Gasteiger partial charge in [0.15, 0.2) is 17.5 Å². The fraction of sp³-hybridized carbons (Fsp3) is 0. The van der Waals surface area contributed by atoms with Crippen LogP contribution in [-0.2, 0) is 0 Å². The van der Waals surface area contributed by atoms with Gasteiger partial charge < -0.3 is 4.42 Å². The van der Waals surface area contributed by atoms with E-state index in [0.29, 0.717) is 17.5 Å². The first-order chi connectivity index (χ1) is 23.3. The Morgan fingerprint density at radius 3 is 1.74 bits per heavy atom. The van der Waals surface area contributed by atoms with Crippen molar-refractivity contribution in [2.75, 3.05) is 0 Å². The van der Waals surface area contributed by atoms with Gasteiger partial charge in [-0.15, -0.1) is 0 Å². The van der Waals surface area contributed by atoms with Crippen LogP contribution < -0.4 is 0 Å². The Balaban J connectivity index is 1.26.